The Morgan fingerprint density at radius 3 is 2.70 bits per heavy atom. The smallest absolute Gasteiger partial charge is 0.300 e. The van der Waals surface area contributed by atoms with Gasteiger partial charge in [0.05, 0.1) is 9.83 Å². The van der Waals surface area contributed by atoms with Crippen LogP contribution in [0.15, 0.2) is 34.2 Å². The molecular weight excluding hydrogens is 408 g/mol. The Morgan fingerprint density at radius 2 is 2.11 bits per heavy atom. The van der Waals surface area contributed by atoms with Gasteiger partial charge in [-0.3, -0.25) is 14.9 Å². The van der Waals surface area contributed by atoms with Crippen molar-refractivity contribution in [3.63, 3.8) is 0 Å². The lowest BCUT2D eigenvalue weighted by molar-refractivity contribution is -0.381. The zero-order chi connectivity index (χ0) is 19.8. The number of thioether (sulfide) groups is 1. The van der Waals surface area contributed by atoms with Crippen molar-refractivity contribution in [1.29, 1.82) is 0 Å². The number of carbonyl (C=O) groups excluding carboxylic acids is 1. The third kappa shape index (κ3) is 4.55. The van der Waals surface area contributed by atoms with Crippen LogP contribution in [-0.2, 0) is 10.2 Å². The zero-order valence-corrected chi connectivity index (χ0v) is 17.0. The molecule has 27 heavy (non-hydrogen) atoms. The number of halogens is 1. The van der Waals surface area contributed by atoms with Gasteiger partial charge >= 0.3 is 5.00 Å². The average molecular weight is 423 g/mol. The molecule has 0 aliphatic carbocycles. The van der Waals surface area contributed by atoms with E-state index in [-0.39, 0.29) is 16.0 Å². The van der Waals surface area contributed by atoms with Crippen LogP contribution in [0, 0.1) is 10.1 Å². The monoisotopic (exact) mass is 422 g/mol. The summed E-state index contributed by atoms with van der Waals surface area (Å²) in [5.41, 5.74) is 0.684. The van der Waals surface area contributed by atoms with Gasteiger partial charge < -0.3 is 5.32 Å². The second-order valence-corrected chi connectivity index (χ2v) is 9.12. The highest BCUT2D eigenvalue weighted by Crippen LogP contribution is 2.40. The first kappa shape index (κ1) is 19.5. The molecule has 2 heterocycles. The van der Waals surface area contributed by atoms with Crippen molar-refractivity contribution in [2.75, 3.05) is 0 Å². The summed E-state index contributed by atoms with van der Waals surface area (Å²) in [6.07, 6.45) is 1.71. The van der Waals surface area contributed by atoms with Crippen molar-refractivity contribution < 1.29 is 9.72 Å². The molecule has 10 heteroatoms. The van der Waals surface area contributed by atoms with Crippen LogP contribution in [0.2, 0.25) is 5.02 Å². The summed E-state index contributed by atoms with van der Waals surface area (Å²) < 4.78 is 0. The minimum atomic E-state index is -0.485. The number of nitro groups is 1. The molecule has 0 saturated carbocycles. The minimum absolute atomic E-state index is 0.0362. The van der Waals surface area contributed by atoms with Crippen LogP contribution in [0.4, 0.5) is 10.1 Å². The number of hydrogen-bond acceptors (Lipinski definition) is 7. The van der Waals surface area contributed by atoms with Gasteiger partial charge in [-0.25, -0.2) is 4.98 Å². The number of carbonyl (C=O) groups is 1. The van der Waals surface area contributed by atoms with Gasteiger partial charge in [-0.2, -0.15) is 4.99 Å². The van der Waals surface area contributed by atoms with Gasteiger partial charge in [-0.1, -0.05) is 44.5 Å². The first-order valence-corrected chi connectivity index (χ1v) is 9.85. The van der Waals surface area contributed by atoms with Gasteiger partial charge in [-0.05, 0) is 46.9 Å². The summed E-state index contributed by atoms with van der Waals surface area (Å²) >= 11 is 8.00. The third-order valence-electron chi connectivity index (χ3n) is 3.47. The number of rotatable bonds is 3. The van der Waals surface area contributed by atoms with Gasteiger partial charge in [-0.15, -0.1) is 0 Å². The fraction of sp³-hybridized carbons (Fsp3) is 0.235. The fourth-order valence-electron chi connectivity index (χ4n) is 2.28. The quantitative estimate of drug-likeness (QED) is 0.431. The highest BCUT2D eigenvalue weighted by molar-refractivity contribution is 8.18. The molecule has 2 aromatic rings. The van der Waals surface area contributed by atoms with E-state index in [0.29, 0.717) is 20.8 Å². The predicted molar refractivity (Wildman–Crippen MR) is 110 cm³/mol. The number of thiazole rings is 1. The zero-order valence-electron chi connectivity index (χ0n) is 14.6. The Hall–Kier alpha value is -2.23. The lowest BCUT2D eigenvalue weighted by Crippen LogP contribution is -2.19. The van der Waals surface area contributed by atoms with Crippen LogP contribution < -0.4 is 5.32 Å². The maximum absolute atomic E-state index is 12.2. The Bertz CT molecular complexity index is 992. The average Bonchev–Trinajstić information content (AvgIpc) is 3.12. The Kier molecular flexibility index (Phi) is 5.36. The molecule has 1 aliphatic rings. The van der Waals surface area contributed by atoms with Gasteiger partial charge in [0.25, 0.3) is 5.91 Å². The van der Waals surface area contributed by atoms with Crippen LogP contribution in [-0.4, -0.2) is 21.0 Å². The molecule has 1 aliphatic heterocycles. The van der Waals surface area contributed by atoms with Crippen molar-refractivity contribution >= 4 is 62.0 Å². The maximum atomic E-state index is 12.2. The second kappa shape index (κ2) is 7.41. The molecule has 1 N–H and O–H groups in total. The molecule has 1 fully saturated rings. The summed E-state index contributed by atoms with van der Waals surface area (Å²) in [6, 6.07) is 7.13. The molecule has 0 bridgehead atoms. The van der Waals surface area contributed by atoms with Gasteiger partial charge in [0.15, 0.2) is 5.17 Å². The van der Waals surface area contributed by atoms with E-state index >= 15 is 0 Å². The molecule has 1 aromatic carbocycles. The lowest BCUT2D eigenvalue weighted by Gasteiger charge is -2.13. The van der Waals surface area contributed by atoms with E-state index < -0.39 is 10.3 Å². The number of nitrogens with one attached hydrogen (secondary N) is 1. The summed E-state index contributed by atoms with van der Waals surface area (Å²) in [7, 11) is 0. The van der Waals surface area contributed by atoms with Gasteiger partial charge in [0.2, 0.25) is 5.13 Å². The van der Waals surface area contributed by atoms with Crippen LogP contribution in [0.1, 0.15) is 32.0 Å². The Balaban J connectivity index is 1.89. The number of amides is 1. The van der Waals surface area contributed by atoms with E-state index in [1.165, 1.54) is 0 Å². The number of hydrogen-bond donors (Lipinski definition) is 1. The highest BCUT2D eigenvalue weighted by Gasteiger charge is 2.31. The van der Waals surface area contributed by atoms with E-state index in [4.69, 9.17) is 11.6 Å². The topological polar surface area (TPSA) is 97.5 Å². The van der Waals surface area contributed by atoms with Crippen molar-refractivity contribution in [3.8, 4) is 0 Å². The number of aromatic nitrogens is 1. The van der Waals surface area contributed by atoms with E-state index in [9.17, 15) is 14.9 Å². The van der Waals surface area contributed by atoms with E-state index in [0.717, 1.165) is 28.7 Å². The van der Waals surface area contributed by atoms with Crippen molar-refractivity contribution in [1.82, 2.24) is 10.3 Å². The lowest BCUT2D eigenvalue weighted by atomic mass is 9.93. The number of nitrogens with zero attached hydrogens (tertiary/aromatic N) is 3. The molecule has 1 aromatic heterocycles. The van der Waals surface area contributed by atoms with Crippen LogP contribution in [0.5, 0.6) is 0 Å². The molecular formula is C17H15ClN4O3S2. The normalized spacial score (nSPS) is 17.6. The molecule has 1 amide bonds. The molecule has 3 rings (SSSR count). The summed E-state index contributed by atoms with van der Waals surface area (Å²) in [5.74, 6) is -0.291. The molecule has 0 spiro atoms. The molecule has 0 atom stereocenters. The SMILES string of the molecule is CC(C)(C)c1nc(/N=C2\NC(=O)/C(=C/c3cccc(Cl)c3)S2)sc1[N+](=O)[O-]. The number of amidine groups is 1. The van der Waals surface area contributed by atoms with Gasteiger partial charge in [0.1, 0.15) is 5.69 Å². The largest absolute Gasteiger partial charge is 0.349 e. The molecule has 1 saturated heterocycles. The highest BCUT2D eigenvalue weighted by atomic mass is 35.5. The first-order chi connectivity index (χ1) is 12.6. The van der Waals surface area contributed by atoms with E-state index in [1.807, 2.05) is 26.8 Å². The maximum Gasteiger partial charge on any atom is 0.349 e. The summed E-state index contributed by atoms with van der Waals surface area (Å²) in [6.45, 7) is 5.55. The minimum Gasteiger partial charge on any atom is -0.300 e. The van der Waals surface area contributed by atoms with Crippen LogP contribution >= 0.6 is 34.7 Å². The molecule has 140 valence electrons. The number of aliphatic imine (C=N–C) groups is 1. The predicted octanol–water partition coefficient (Wildman–Crippen LogP) is 4.89. The van der Waals surface area contributed by atoms with Crippen molar-refractivity contribution in [2.24, 2.45) is 4.99 Å². The molecule has 0 radical (unpaired) electrons. The van der Waals surface area contributed by atoms with Crippen molar-refractivity contribution in [2.45, 2.75) is 26.2 Å². The molecule has 7 nitrogen and oxygen atoms in total. The van der Waals surface area contributed by atoms with Crippen LogP contribution in [0.25, 0.3) is 6.08 Å². The summed E-state index contributed by atoms with van der Waals surface area (Å²) in [5, 5.41) is 15.0. The van der Waals surface area contributed by atoms with E-state index in [1.54, 1.807) is 24.3 Å². The fourth-order valence-corrected chi connectivity index (χ4v) is 4.33. The standard InChI is InChI=1S/C17H15ClN4O3S2/c1-17(2,3)12-14(22(24)25)27-15(19-12)21-16-20-13(23)11(26-16)8-9-5-4-6-10(18)7-9/h4-8H,1-3H3,(H,19,20,21,23)/b11-8-. The molecule has 0 unspecified atom stereocenters. The van der Waals surface area contributed by atoms with Crippen LogP contribution in [0.3, 0.4) is 0 Å². The third-order valence-corrected chi connectivity index (χ3v) is 5.51. The number of benzene rings is 1. The Labute approximate surface area is 168 Å². The Morgan fingerprint density at radius 1 is 1.37 bits per heavy atom. The van der Waals surface area contributed by atoms with E-state index in [2.05, 4.69) is 15.3 Å². The summed E-state index contributed by atoms with van der Waals surface area (Å²) in [4.78, 5) is 32.0. The van der Waals surface area contributed by atoms with Gasteiger partial charge in [0, 0.05) is 10.4 Å². The second-order valence-electron chi connectivity index (χ2n) is 6.69. The first-order valence-electron chi connectivity index (χ1n) is 7.84. The van der Waals surface area contributed by atoms with Crippen molar-refractivity contribution in [3.05, 3.63) is 55.6 Å².